The summed E-state index contributed by atoms with van der Waals surface area (Å²) < 4.78 is 32.9. The number of ether oxygens (including phenoxy) is 1. The molecule has 2 fully saturated rings. The quantitative estimate of drug-likeness (QED) is 0.717. The van der Waals surface area contributed by atoms with Gasteiger partial charge in [-0.1, -0.05) is 0 Å². The van der Waals surface area contributed by atoms with Crippen molar-refractivity contribution in [3.63, 3.8) is 0 Å². The maximum atomic E-state index is 12.6. The fourth-order valence-corrected chi connectivity index (χ4v) is 4.75. The first-order chi connectivity index (χ1) is 10.9. The molecule has 0 amide bonds. The predicted molar refractivity (Wildman–Crippen MR) is 81.8 cm³/mol. The standard InChI is InChI=1S/C14H24N2O6S/c1-2-22-14(19)12-5-9-16(10-6-12)23(20,21)15-7-3-11(4-8-15)13(17)18/h11-12H,2-10H2,1H3,(H,17,18). The minimum Gasteiger partial charge on any atom is -0.481 e. The highest BCUT2D eigenvalue weighted by Crippen LogP contribution is 2.26. The second-order valence-electron chi connectivity index (χ2n) is 5.94. The van der Waals surface area contributed by atoms with E-state index in [0.29, 0.717) is 45.4 Å². The van der Waals surface area contributed by atoms with Crippen molar-refractivity contribution < 1.29 is 27.9 Å². The fraction of sp³-hybridized carbons (Fsp3) is 0.857. The molecule has 0 spiro atoms. The van der Waals surface area contributed by atoms with Crippen molar-refractivity contribution in [1.82, 2.24) is 8.61 Å². The predicted octanol–water partition coefficient (Wildman–Crippen LogP) is 0.303. The molecule has 0 saturated carbocycles. The van der Waals surface area contributed by atoms with Gasteiger partial charge in [0.1, 0.15) is 0 Å². The van der Waals surface area contributed by atoms with Crippen LogP contribution in [0.5, 0.6) is 0 Å². The third-order valence-corrected chi connectivity index (χ3v) is 6.57. The number of carboxylic acids is 1. The maximum Gasteiger partial charge on any atom is 0.309 e. The van der Waals surface area contributed by atoms with E-state index in [-0.39, 0.29) is 25.0 Å². The second-order valence-corrected chi connectivity index (χ2v) is 7.87. The molecule has 2 aliphatic rings. The first-order valence-electron chi connectivity index (χ1n) is 8.01. The zero-order chi connectivity index (χ0) is 17.0. The molecule has 2 rings (SSSR count). The van der Waals surface area contributed by atoms with E-state index in [1.54, 1.807) is 6.92 Å². The number of nitrogens with zero attached hydrogens (tertiary/aromatic N) is 2. The summed E-state index contributed by atoms with van der Waals surface area (Å²) in [6.07, 6.45) is 1.61. The summed E-state index contributed by atoms with van der Waals surface area (Å²) in [7, 11) is -3.57. The van der Waals surface area contributed by atoms with Crippen molar-refractivity contribution in [1.29, 1.82) is 0 Å². The van der Waals surface area contributed by atoms with Gasteiger partial charge in [0.15, 0.2) is 0 Å². The number of carbonyl (C=O) groups is 2. The Morgan fingerprint density at radius 3 is 1.83 bits per heavy atom. The first kappa shape index (κ1) is 18.2. The molecule has 9 heteroatoms. The van der Waals surface area contributed by atoms with Gasteiger partial charge in [0.2, 0.25) is 0 Å². The minimum absolute atomic E-state index is 0.233. The number of hydrogen-bond acceptors (Lipinski definition) is 5. The number of carbonyl (C=O) groups excluding carboxylic acids is 1. The van der Waals surface area contributed by atoms with Crippen molar-refractivity contribution >= 4 is 22.1 Å². The van der Waals surface area contributed by atoms with E-state index >= 15 is 0 Å². The number of hydrogen-bond donors (Lipinski definition) is 1. The SMILES string of the molecule is CCOC(=O)C1CCN(S(=O)(=O)N2CCC(C(=O)O)CC2)CC1. The van der Waals surface area contributed by atoms with E-state index in [4.69, 9.17) is 9.84 Å². The van der Waals surface area contributed by atoms with Gasteiger partial charge < -0.3 is 9.84 Å². The van der Waals surface area contributed by atoms with Crippen LogP contribution in [-0.2, 0) is 24.5 Å². The van der Waals surface area contributed by atoms with Crippen LogP contribution < -0.4 is 0 Å². The molecule has 2 heterocycles. The molecule has 23 heavy (non-hydrogen) atoms. The van der Waals surface area contributed by atoms with Crippen molar-refractivity contribution in [3.8, 4) is 0 Å². The Bertz CT molecular complexity index is 533. The minimum atomic E-state index is -3.57. The average Bonchev–Trinajstić information content (AvgIpc) is 2.55. The van der Waals surface area contributed by atoms with Crippen molar-refractivity contribution in [2.75, 3.05) is 32.8 Å². The lowest BCUT2D eigenvalue weighted by atomic mass is 9.98. The fourth-order valence-electron chi connectivity index (χ4n) is 3.08. The summed E-state index contributed by atoms with van der Waals surface area (Å²) >= 11 is 0. The molecule has 0 aromatic carbocycles. The van der Waals surface area contributed by atoms with E-state index in [1.807, 2.05) is 0 Å². The van der Waals surface area contributed by atoms with E-state index in [9.17, 15) is 18.0 Å². The van der Waals surface area contributed by atoms with Gasteiger partial charge in [-0.3, -0.25) is 9.59 Å². The lowest BCUT2D eigenvalue weighted by molar-refractivity contribution is -0.149. The van der Waals surface area contributed by atoms with Gasteiger partial charge in [-0.2, -0.15) is 17.0 Å². The molecule has 2 aliphatic heterocycles. The summed E-state index contributed by atoms with van der Waals surface area (Å²) in [6.45, 7) is 3.14. The van der Waals surface area contributed by atoms with Crippen LogP contribution in [0.2, 0.25) is 0 Å². The molecule has 0 aliphatic carbocycles. The van der Waals surface area contributed by atoms with Gasteiger partial charge >= 0.3 is 11.9 Å². The molecule has 2 saturated heterocycles. The van der Waals surface area contributed by atoms with Crippen LogP contribution in [0.3, 0.4) is 0 Å². The van der Waals surface area contributed by atoms with E-state index in [0.717, 1.165) is 0 Å². The molecule has 0 radical (unpaired) electrons. The third-order valence-electron chi connectivity index (χ3n) is 4.53. The number of rotatable bonds is 5. The highest BCUT2D eigenvalue weighted by molar-refractivity contribution is 7.86. The molecule has 0 aromatic rings. The van der Waals surface area contributed by atoms with E-state index < -0.39 is 22.1 Å². The highest BCUT2D eigenvalue weighted by atomic mass is 32.2. The molecule has 1 N–H and O–H groups in total. The van der Waals surface area contributed by atoms with Crippen LogP contribution >= 0.6 is 0 Å². The average molecular weight is 348 g/mol. The van der Waals surface area contributed by atoms with E-state index in [1.165, 1.54) is 8.61 Å². The van der Waals surface area contributed by atoms with Gasteiger partial charge in [0.25, 0.3) is 10.2 Å². The monoisotopic (exact) mass is 348 g/mol. The van der Waals surface area contributed by atoms with Crippen LogP contribution in [0, 0.1) is 11.8 Å². The first-order valence-corrected chi connectivity index (χ1v) is 9.40. The molecule has 0 atom stereocenters. The zero-order valence-electron chi connectivity index (χ0n) is 13.3. The zero-order valence-corrected chi connectivity index (χ0v) is 14.1. The van der Waals surface area contributed by atoms with E-state index in [2.05, 4.69) is 0 Å². The van der Waals surface area contributed by atoms with Gasteiger partial charge in [-0.25, -0.2) is 0 Å². The molecule has 8 nitrogen and oxygen atoms in total. The van der Waals surface area contributed by atoms with Crippen LogP contribution in [0.25, 0.3) is 0 Å². The summed E-state index contributed by atoms with van der Waals surface area (Å²) in [4.78, 5) is 22.6. The topological polar surface area (TPSA) is 104 Å². The molecular formula is C14H24N2O6S. The highest BCUT2D eigenvalue weighted by Gasteiger charge is 2.37. The number of carboxylic acid groups (broad SMARTS) is 1. The number of esters is 1. The van der Waals surface area contributed by atoms with Gasteiger partial charge in [0, 0.05) is 26.2 Å². The molecule has 0 bridgehead atoms. The smallest absolute Gasteiger partial charge is 0.309 e. The summed E-state index contributed by atoms with van der Waals surface area (Å²) in [5, 5.41) is 8.98. The van der Waals surface area contributed by atoms with Crippen LogP contribution in [-0.4, -0.2) is 66.9 Å². The number of aliphatic carboxylic acids is 1. The second kappa shape index (κ2) is 7.59. The molecule has 132 valence electrons. The Hall–Kier alpha value is -1.19. The maximum absolute atomic E-state index is 12.6. The summed E-state index contributed by atoms with van der Waals surface area (Å²) in [6, 6.07) is 0. The Morgan fingerprint density at radius 1 is 1.00 bits per heavy atom. The lowest BCUT2D eigenvalue weighted by Gasteiger charge is -2.36. The Balaban J connectivity index is 1.90. The van der Waals surface area contributed by atoms with Crippen molar-refractivity contribution in [3.05, 3.63) is 0 Å². The van der Waals surface area contributed by atoms with Crippen LogP contribution in [0.1, 0.15) is 32.6 Å². The Morgan fingerprint density at radius 2 is 1.43 bits per heavy atom. The lowest BCUT2D eigenvalue weighted by Crippen LogP contribution is -2.50. The Kier molecular flexibility index (Phi) is 5.99. The Labute approximate surface area is 136 Å². The number of piperidine rings is 2. The van der Waals surface area contributed by atoms with Crippen LogP contribution in [0.4, 0.5) is 0 Å². The van der Waals surface area contributed by atoms with Gasteiger partial charge in [-0.05, 0) is 32.6 Å². The third kappa shape index (κ3) is 4.21. The largest absolute Gasteiger partial charge is 0.481 e. The van der Waals surface area contributed by atoms with Crippen molar-refractivity contribution in [2.24, 2.45) is 11.8 Å². The summed E-state index contributed by atoms with van der Waals surface area (Å²) in [5.41, 5.74) is 0. The van der Waals surface area contributed by atoms with Gasteiger partial charge in [-0.15, -0.1) is 0 Å². The molecule has 0 unspecified atom stereocenters. The molecular weight excluding hydrogens is 324 g/mol. The van der Waals surface area contributed by atoms with Gasteiger partial charge in [0.05, 0.1) is 18.4 Å². The van der Waals surface area contributed by atoms with Crippen molar-refractivity contribution in [2.45, 2.75) is 32.6 Å². The normalized spacial score (nSPS) is 22.8. The molecule has 0 aromatic heterocycles. The summed E-state index contributed by atoms with van der Waals surface area (Å²) in [5.74, 6) is -1.82. The van der Waals surface area contributed by atoms with Crippen LogP contribution in [0.15, 0.2) is 0 Å².